The van der Waals surface area contributed by atoms with Crippen LogP contribution in [0.2, 0.25) is 0 Å². The first-order valence-electron chi connectivity index (χ1n) is 6.13. The van der Waals surface area contributed by atoms with Crippen molar-refractivity contribution in [2.24, 2.45) is 5.73 Å². The summed E-state index contributed by atoms with van der Waals surface area (Å²) in [7, 11) is 0. The number of nitrogens with zero attached hydrogens (tertiary/aromatic N) is 1. The summed E-state index contributed by atoms with van der Waals surface area (Å²) < 4.78 is 0. The highest BCUT2D eigenvalue weighted by Crippen LogP contribution is 2.06. The number of hydrogen-bond acceptors (Lipinski definition) is 2. The zero-order chi connectivity index (χ0) is 11.7. The van der Waals surface area contributed by atoms with Crippen LogP contribution in [-0.4, -0.2) is 29.9 Å². The highest BCUT2D eigenvalue weighted by Gasteiger charge is 2.15. The molecular weight excluding hydrogens is 224 g/mol. The summed E-state index contributed by atoms with van der Waals surface area (Å²) in [6.45, 7) is 7.83. The van der Waals surface area contributed by atoms with Crippen molar-refractivity contribution in [3.63, 3.8) is 0 Å². The van der Waals surface area contributed by atoms with Crippen molar-refractivity contribution >= 4 is 18.3 Å². The standard InChI is InChI=1S/C12H26N2O.ClH/c1-4-5-6-10-14(11(2)3)12(15)8-7-9-13;/h11H,4-10,13H2,1-3H3;1H. The second-order valence-electron chi connectivity index (χ2n) is 4.28. The highest BCUT2D eigenvalue weighted by atomic mass is 35.5. The molecule has 0 spiro atoms. The zero-order valence-electron chi connectivity index (χ0n) is 10.9. The van der Waals surface area contributed by atoms with Gasteiger partial charge in [0.25, 0.3) is 0 Å². The van der Waals surface area contributed by atoms with Gasteiger partial charge < -0.3 is 10.6 Å². The summed E-state index contributed by atoms with van der Waals surface area (Å²) in [5, 5.41) is 0. The minimum Gasteiger partial charge on any atom is -0.340 e. The molecule has 0 aliphatic rings. The summed E-state index contributed by atoms with van der Waals surface area (Å²) >= 11 is 0. The average Bonchev–Trinajstić information content (AvgIpc) is 2.20. The molecule has 0 aromatic heterocycles. The van der Waals surface area contributed by atoms with E-state index in [1.807, 2.05) is 4.90 Å². The molecule has 0 heterocycles. The van der Waals surface area contributed by atoms with Crippen molar-refractivity contribution in [1.82, 2.24) is 4.90 Å². The molecule has 16 heavy (non-hydrogen) atoms. The Morgan fingerprint density at radius 3 is 2.31 bits per heavy atom. The Bertz CT molecular complexity index is 174. The maximum atomic E-state index is 11.8. The van der Waals surface area contributed by atoms with E-state index < -0.39 is 0 Å². The molecule has 0 aliphatic heterocycles. The maximum absolute atomic E-state index is 11.8. The third kappa shape index (κ3) is 7.94. The lowest BCUT2D eigenvalue weighted by molar-refractivity contribution is -0.133. The molecule has 0 aromatic carbocycles. The normalized spacial score (nSPS) is 10.1. The first-order chi connectivity index (χ1) is 7.13. The highest BCUT2D eigenvalue weighted by molar-refractivity contribution is 5.85. The molecule has 0 atom stereocenters. The molecule has 4 heteroatoms. The van der Waals surface area contributed by atoms with E-state index in [1.165, 1.54) is 12.8 Å². The van der Waals surface area contributed by atoms with Gasteiger partial charge in [-0.05, 0) is 33.2 Å². The summed E-state index contributed by atoms with van der Waals surface area (Å²) in [6, 6.07) is 0.312. The van der Waals surface area contributed by atoms with E-state index in [4.69, 9.17) is 5.73 Å². The van der Waals surface area contributed by atoms with Gasteiger partial charge in [0.2, 0.25) is 5.91 Å². The number of rotatable bonds is 8. The number of carbonyl (C=O) groups excluding carboxylic acids is 1. The molecular formula is C12H27ClN2O. The van der Waals surface area contributed by atoms with Crippen molar-refractivity contribution in [3.8, 4) is 0 Å². The van der Waals surface area contributed by atoms with Gasteiger partial charge in [-0.25, -0.2) is 0 Å². The van der Waals surface area contributed by atoms with Crippen LogP contribution < -0.4 is 5.73 Å². The van der Waals surface area contributed by atoms with E-state index in [-0.39, 0.29) is 18.3 Å². The topological polar surface area (TPSA) is 46.3 Å². The van der Waals surface area contributed by atoms with Gasteiger partial charge in [0.15, 0.2) is 0 Å². The molecule has 3 nitrogen and oxygen atoms in total. The Hall–Kier alpha value is -0.280. The Morgan fingerprint density at radius 1 is 1.25 bits per heavy atom. The SMILES string of the molecule is CCCCCN(C(=O)CCCN)C(C)C.Cl. The minimum atomic E-state index is 0. The second-order valence-corrected chi connectivity index (χ2v) is 4.28. The molecule has 0 unspecified atom stereocenters. The molecule has 1 amide bonds. The van der Waals surface area contributed by atoms with Crippen LogP contribution in [0.25, 0.3) is 0 Å². The summed E-state index contributed by atoms with van der Waals surface area (Å²) in [4.78, 5) is 13.8. The molecule has 0 aliphatic carbocycles. The summed E-state index contributed by atoms with van der Waals surface area (Å²) in [5.74, 6) is 0.256. The Morgan fingerprint density at radius 2 is 1.88 bits per heavy atom. The van der Waals surface area contributed by atoms with Gasteiger partial charge >= 0.3 is 0 Å². The van der Waals surface area contributed by atoms with Crippen LogP contribution in [0.5, 0.6) is 0 Å². The smallest absolute Gasteiger partial charge is 0.222 e. The predicted octanol–water partition coefficient (Wildman–Crippen LogP) is 2.57. The van der Waals surface area contributed by atoms with Crippen molar-refractivity contribution in [3.05, 3.63) is 0 Å². The molecule has 98 valence electrons. The molecule has 0 bridgehead atoms. The lowest BCUT2D eigenvalue weighted by Crippen LogP contribution is -2.37. The lowest BCUT2D eigenvalue weighted by Gasteiger charge is -2.26. The first kappa shape index (κ1) is 18.1. The fraction of sp³-hybridized carbons (Fsp3) is 0.917. The van der Waals surface area contributed by atoms with E-state index in [0.717, 1.165) is 19.4 Å². The van der Waals surface area contributed by atoms with Crippen LogP contribution in [0.3, 0.4) is 0 Å². The van der Waals surface area contributed by atoms with Gasteiger partial charge in [-0.15, -0.1) is 12.4 Å². The Balaban J connectivity index is 0. The van der Waals surface area contributed by atoms with Crippen LogP contribution in [-0.2, 0) is 4.79 Å². The fourth-order valence-electron chi connectivity index (χ4n) is 1.60. The van der Waals surface area contributed by atoms with Crippen LogP contribution in [0.4, 0.5) is 0 Å². The van der Waals surface area contributed by atoms with Gasteiger partial charge in [0, 0.05) is 19.0 Å². The maximum Gasteiger partial charge on any atom is 0.222 e. The molecule has 0 saturated heterocycles. The molecule has 0 radical (unpaired) electrons. The Kier molecular flexibility index (Phi) is 12.7. The van der Waals surface area contributed by atoms with Gasteiger partial charge in [-0.1, -0.05) is 19.8 Å². The number of carbonyl (C=O) groups is 1. The van der Waals surface area contributed by atoms with Gasteiger partial charge in [-0.2, -0.15) is 0 Å². The van der Waals surface area contributed by atoms with E-state index in [2.05, 4.69) is 20.8 Å². The van der Waals surface area contributed by atoms with Crippen LogP contribution in [0.1, 0.15) is 52.9 Å². The summed E-state index contributed by atoms with van der Waals surface area (Å²) in [5.41, 5.74) is 5.40. The van der Waals surface area contributed by atoms with E-state index in [0.29, 0.717) is 19.0 Å². The minimum absolute atomic E-state index is 0. The van der Waals surface area contributed by atoms with Crippen molar-refractivity contribution < 1.29 is 4.79 Å². The first-order valence-corrected chi connectivity index (χ1v) is 6.13. The van der Waals surface area contributed by atoms with Crippen LogP contribution >= 0.6 is 12.4 Å². The molecule has 0 fully saturated rings. The van der Waals surface area contributed by atoms with Crippen molar-refractivity contribution in [1.29, 1.82) is 0 Å². The Labute approximate surface area is 106 Å². The zero-order valence-corrected chi connectivity index (χ0v) is 11.7. The van der Waals surface area contributed by atoms with Crippen LogP contribution in [0, 0.1) is 0 Å². The molecule has 0 rings (SSSR count). The molecule has 0 saturated carbocycles. The van der Waals surface area contributed by atoms with Gasteiger partial charge in [0.05, 0.1) is 0 Å². The van der Waals surface area contributed by atoms with E-state index in [9.17, 15) is 4.79 Å². The number of unbranched alkanes of at least 4 members (excludes halogenated alkanes) is 2. The van der Waals surface area contributed by atoms with E-state index >= 15 is 0 Å². The third-order valence-electron chi connectivity index (χ3n) is 2.54. The third-order valence-corrected chi connectivity index (χ3v) is 2.54. The van der Waals surface area contributed by atoms with Gasteiger partial charge in [0.1, 0.15) is 0 Å². The number of nitrogens with two attached hydrogens (primary N) is 1. The van der Waals surface area contributed by atoms with Gasteiger partial charge in [-0.3, -0.25) is 4.79 Å². The summed E-state index contributed by atoms with van der Waals surface area (Å²) in [6.07, 6.45) is 4.91. The molecule has 0 aromatic rings. The predicted molar refractivity (Wildman–Crippen MR) is 71.9 cm³/mol. The van der Waals surface area contributed by atoms with Crippen molar-refractivity contribution in [2.75, 3.05) is 13.1 Å². The van der Waals surface area contributed by atoms with Crippen molar-refractivity contribution in [2.45, 2.75) is 58.9 Å². The number of hydrogen-bond donors (Lipinski definition) is 1. The number of halogens is 1. The monoisotopic (exact) mass is 250 g/mol. The average molecular weight is 251 g/mol. The quantitative estimate of drug-likeness (QED) is 0.673. The number of amides is 1. The second kappa shape index (κ2) is 11.2. The van der Waals surface area contributed by atoms with Crippen LogP contribution in [0.15, 0.2) is 0 Å². The van der Waals surface area contributed by atoms with E-state index in [1.54, 1.807) is 0 Å². The molecule has 2 N–H and O–H groups in total. The fourth-order valence-corrected chi connectivity index (χ4v) is 1.60. The largest absolute Gasteiger partial charge is 0.340 e. The lowest BCUT2D eigenvalue weighted by atomic mass is 10.2.